The Morgan fingerprint density at radius 2 is 1.05 bits per heavy atom. The van der Waals surface area contributed by atoms with E-state index < -0.39 is 0 Å². The molecule has 1 heteroatoms. The summed E-state index contributed by atoms with van der Waals surface area (Å²) in [6.07, 6.45) is 0. The van der Waals surface area contributed by atoms with E-state index in [1.54, 1.807) is 0 Å². The lowest BCUT2D eigenvalue weighted by Gasteiger charge is -2.22. The summed E-state index contributed by atoms with van der Waals surface area (Å²) in [4.78, 5) is 0. The molecule has 0 aliphatic heterocycles. The first-order valence-corrected chi connectivity index (χ1v) is 7.56. The van der Waals surface area contributed by atoms with E-state index >= 15 is 0 Å². The van der Waals surface area contributed by atoms with Crippen LogP contribution >= 0.6 is 0 Å². The van der Waals surface area contributed by atoms with E-state index in [-0.39, 0.29) is 17.4 Å². The molecule has 0 saturated heterocycles. The highest BCUT2D eigenvalue weighted by molar-refractivity contribution is 5.64. The highest BCUT2D eigenvalue weighted by atomic mass is 16.3. The number of hydrogen-bond donors (Lipinski definition) is 1. The number of aliphatic hydroxyl groups excluding tert-OH is 1. The van der Waals surface area contributed by atoms with Crippen molar-refractivity contribution in [1.82, 2.24) is 0 Å². The van der Waals surface area contributed by atoms with Crippen LogP contribution in [0.5, 0.6) is 0 Å². The van der Waals surface area contributed by atoms with Gasteiger partial charge in [-0.3, -0.25) is 0 Å². The second kappa shape index (κ2) is 5.65. The van der Waals surface area contributed by atoms with Crippen molar-refractivity contribution < 1.29 is 5.11 Å². The van der Waals surface area contributed by atoms with E-state index in [1.807, 2.05) is 0 Å². The van der Waals surface area contributed by atoms with Crippen molar-refractivity contribution in [2.24, 2.45) is 0 Å². The molecule has 2 aromatic rings. The van der Waals surface area contributed by atoms with Gasteiger partial charge in [-0.2, -0.15) is 0 Å². The molecule has 0 heterocycles. The predicted molar refractivity (Wildman–Crippen MR) is 90.7 cm³/mol. The third-order valence-electron chi connectivity index (χ3n) is 4.15. The van der Waals surface area contributed by atoms with E-state index in [0.717, 1.165) is 0 Å². The van der Waals surface area contributed by atoms with Gasteiger partial charge in [0.2, 0.25) is 0 Å². The van der Waals surface area contributed by atoms with E-state index in [2.05, 4.69) is 83.1 Å². The molecule has 0 atom stereocenters. The Morgan fingerprint density at radius 1 is 0.667 bits per heavy atom. The molecule has 0 unspecified atom stereocenters. The second-order valence-electron chi connectivity index (χ2n) is 7.45. The van der Waals surface area contributed by atoms with Crippen LogP contribution in [-0.2, 0) is 10.8 Å². The first-order valence-electron chi connectivity index (χ1n) is 7.56. The van der Waals surface area contributed by atoms with Gasteiger partial charge in [0, 0.05) is 5.41 Å². The van der Waals surface area contributed by atoms with Crippen molar-refractivity contribution >= 4 is 0 Å². The molecule has 0 amide bonds. The molecule has 1 nitrogen and oxygen atoms in total. The molecule has 0 saturated carbocycles. The number of rotatable bonds is 3. The quantitative estimate of drug-likeness (QED) is 0.847. The maximum Gasteiger partial charge on any atom is 0.0522 e. The van der Waals surface area contributed by atoms with Crippen LogP contribution in [0.15, 0.2) is 48.5 Å². The van der Waals surface area contributed by atoms with Gasteiger partial charge in [-0.1, -0.05) is 83.1 Å². The summed E-state index contributed by atoms with van der Waals surface area (Å²) in [5.41, 5.74) is 4.97. The van der Waals surface area contributed by atoms with E-state index in [0.29, 0.717) is 0 Å². The number of benzene rings is 2. The molecule has 2 aromatic carbocycles. The van der Waals surface area contributed by atoms with Crippen LogP contribution in [0, 0.1) is 0 Å². The molecular weight excluding hydrogens is 256 g/mol. The molecule has 2 rings (SSSR count). The Balaban J connectivity index is 2.27. The van der Waals surface area contributed by atoms with Gasteiger partial charge in [0.15, 0.2) is 0 Å². The first-order chi connectivity index (χ1) is 9.74. The number of aliphatic hydroxyl groups is 1. The van der Waals surface area contributed by atoms with Crippen LogP contribution < -0.4 is 0 Å². The Hall–Kier alpha value is -1.60. The Labute approximate surface area is 128 Å². The van der Waals surface area contributed by atoms with Crippen LogP contribution in [0.1, 0.15) is 45.7 Å². The first kappa shape index (κ1) is 15.8. The van der Waals surface area contributed by atoms with Gasteiger partial charge in [-0.25, -0.2) is 0 Å². The number of hydrogen-bond acceptors (Lipinski definition) is 1. The van der Waals surface area contributed by atoms with Crippen molar-refractivity contribution in [2.75, 3.05) is 6.61 Å². The minimum atomic E-state index is -0.186. The van der Waals surface area contributed by atoms with Crippen molar-refractivity contribution in [3.05, 3.63) is 59.7 Å². The summed E-state index contributed by atoms with van der Waals surface area (Å²) in [5.74, 6) is 0. The standard InChI is InChI=1S/C20H26O/c1-19(2,3)17-10-6-15(7-11-17)16-8-12-18(13-9-16)20(4,5)14-21/h6-13,21H,14H2,1-5H3. The molecule has 0 fully saturated rings. The Bertz CT molecular complexity index is 583. The highest BCUT2D eigenvalue weighted by Crippen LogP contribution is 2.28. The average Bonchev–Trinajstić information content (AvgIpc) is 2.47. The molecule has 1 N–H and O–H groups in total. The van der Waals surface area contributed by atoms with Gasteiger partial charge in [0.25, 0.3) is 0 Å². The lowest BCUT2D eigenvalue weighted by molar-refractivity contribution is 0.218. The minimum Gasteiger partial charge on any atom is -0.395 e. The fraction of sp³-hybridized carbons (Fsp3) is 0.400. The van der Waals surface area contributed by atoms with Crippen LogP contribution in [0.25, 0.3) is 11.1 Å². The fourth-order valence-electron chi connectivity index (χ4n) is 2.37. The van der Waals surface area contributed by atoms with Crippen LogP contribution in [-0.4, -0.2) is 11.7 Å². The van der Waals surface area contributed by atoms with E-state index in [1.165, 1.54) is 22.3 Å². The van der Waals surface area contributed by atoms with Gasteiger partial charge in [0.05, 0.1) is 6.61 Å². The molecule has 0 spiro atoms. The van der Waals surface area contributed by atoms with Gasteiger partial charge in [0.1, 0.15) is 0 Å². The molecule has 21 heavy (non-hydrogen) atoms. The Kier molecular flexibility index (Phi) is 4.25. The maximum absolute atomic E-state index is 9.44. The lowest BCUT2D eigenvalue weighted by Crippen LogP contribution is -2.21. The summed E-state index contributed by atoms with van der Waals surface area (Å²) in [7, 11) is 0. The van der Waals surface area contributed by atoms with Gasteiger partial charge in [-0.15, -0.1) is 0 Å². The second-order valence-corrected chi connectivity index (χ2v) is 7.45. The van der Waals surface area contributed by atoms with Crippen molar-refractivity contribution in [3.8, 4) is 11.1 Å². The fourth-order valence-corrected chi connectivity index (χ4v) is 2.37. The Morgan fingerprint density at radius 3 is 1.38 bits per heavy atom. The lowest BCUT2D eigenvalue weighted by atomic mass is 9.84. The van der Waals surface area contributed by atoms with Crippen LogP contribution in [0.4, 0.5) is 0 Å². The summed E-state index contributed by atoms with van der Waals surface area (Å²) in [5, 5.41) is 9.44. The smallest absolute Gasteiger partial charge is 0.0522 e. The predicted octanol–water partition coefficient (Wildman–Crippen LogP) is 4.92. The largest absolute Gasteiger partial charge is 0.395 e. The monoisotopic (exact) mass is 282 g/mol. The highest BCUT2D eigenvalue weighted by Gasteiger charge is 2.19. The summed E-state index contributed by atoms with van der Waals surface area (Å²) in [6, 6.07) is 17.3. The average molecular weight is 282 g/mol. The zero-order valence-corrected chi connectivity index (χ0v) is 13.8. The molecule has 112 valence electrons. The molecule has 0 aromatic heterocycles. The van der Waals surface area contributed by atoms with Crippen LogP contribution in [0.2, 0.25) is 0 Å². The van der Waals surface area contributed by atoms with E-state index in [4.69, 9.17) is 0 Å². The van der Waals surface area contributed by atoms with Crippen LogP contribution in [0.3, 0.4) is 0 Å². The minimum absolute atomic E-state index is 0.159. The van der Waals surface area contributed by atoms with Crippen molar-refractivity contribution in [1.29, 1.82) is 0 Å². The van der Waals surface area contributed by atoms with Crippen molar-refractivity contribution in [2.45, 2.75) is 45.4 Å². The van der Waals surface area contributed by atoms with Crippen molar-refractivity contribution in [3.63, 3.8) is 0 Å². The summed E-state index contributed by atoms with van der Waals surface area (Å²) < 4.78 is 0. The zero-order chi connectivity index (χ0) is 15.7. The molecular formula is C20H26O. The molecule has 0 radical (unpaired) electrons. The molecule has 0 bridgehead atoms. The summed E-state index contributed by atoms with van der Waals surface area (Å²) in [6.45, 7) is 11.0. The SMILES string of the molecule is CC(C)(C)c1ccc(-c2ccc(C(C)(C)CO)cc2)cc1. The zero-order valence-electron chi connectivity index (χ0n) is 13.8. The summed E-state index contributed by atoms with van der Waals surface area (Å²) >= 11 is 0. The normalized spacial score (nSPS) is 12.5. The van der Waals surface area contributed by atoms with Gasteiger partial charge in [-0.05, 0) is 27.7 Å². The maximum atomic E-state index is 9.44. The topological polar surface area (TPSA) is 20.2 Å². The van der Waals surface area contributed by atoms with Gasteiger partial charge < -0.3 is 5.11 Å². The molecule has 0 aliphatic carbocycles. The third kappa shape index (κ3) is 3.54. The third-order valence-corrected chi connectivity index (χ3v) is 4.15. The van der Waals surface area contributed by atoms with Gasteiger partial charge >= 0.3 is 0 Å². The molecule has 0 aliphatic rings. The van der Waals surface area contributed by atoms with E-state index in [9.17, 15) is 5.11 Å².